The highest BCUT2D eigenvalue weighted by Gasteiger charge is 2.25. The molecule has 0 saturated carbocycles. The minimum Gasteiger partial charge on any atom is -0.453 e. The molecule has 0 bridgehead atoms. The van der Waals surface area contributed by atoms with Crippen LogP contribution in [-0.2, 0) is 14.8 Å². The van der Waals surface area contributed by atoms with Gasteiger partial charge in [0.15, 0.2) is 0 Å². The second kappa shape index (κ2) is 8.71. The normalized spacial score (nSPS) is 15.8. The molecule has 1 fully saturated rings. The Morgan fingerprint density at radius 1 is 1.04 bits per heavy atom. The number of ether oxygens (including phenoxy) is 1. The molecule has 8 nitrogen and oxygen atoms in total. The molecule has 27 heavy (non-hydrogen) atoms. The van der Waals surface area contributed by atoms with Crippen LogP contribution in [0.4, 0.5) is 4.79 Å². The van der Waals surface area contributed by atoms with Gasteiger partial charge in [-0.3, -0.25) is 4.79 Å². The summed E-state index contributed by atoms with van der Waals surface area (Å²) in [5, 5.41) is 0. The highest BCUT2D eigenvalue weighted by molar-refractivity contribution is 7.89. The Morgan fingerprint density at radius 2 is 1.59 bits per heavy atom. The maximum atomic E-state index is 12.7. The lowest BCUT2D eigenvalue weighted by Gasteiger charge is -2.22. The van der Waals surface area contributed by atoms with Gasteiger partial charge >= 0.3 is 6.09 Å². The minimum atomic E-state index is -3.58. The molecular weight excluding hydrogens is 370 g/mol. The van der Waals surface area contributed by atoms with Crippen LogP contribution in [0.3, 0.4) is 0 Å². The van der Waals surface area contributed by atoms with Crippen molar-refractivity contribution in [2.45, 2.75) is 31.2 Å². The number of rotatable bonds is 4. The third-order valence-electron chi connectivity index (χ3n) is 4.72. The third-order valence-corrected chi connectivity index (χ3v) is 6.77. The molecule has 2 rings (SSSR count). The fourth-order valence-electron chi connectivity index (χ4n) is 2.83. The quantitative estimate of drug-likeness (QED) is 0.771. The summed E-state index contributed by atoms with van der Waals surface area (Å²) in [5.74, 6) is -0.178. The molecule has 0 radical (unpaired) electrons. The van der Waals surface area contributed by atoms with E-state index >= 15 is 0 Å². The summed E-state index contributed by atoms with van der Waals surface area (Å²) >= 11 is 0. The topological polar surface area (TPSA) is 87.2 Å². The van der Waals surface area contributed by atoms with Crippen LogP contribution in [0.25, 0.3) is 0 Å². The number of methoxy groups -OCH3 is 1. The van der Waals surface area contributed by atoms with E-state index in [4.69, 9.17) is 4.74 Å². The average Bonchev–Trinajstić information content (AvgIpc) is 2.92. The molecule has 0 N–H and O–H groups in total. The van der Waals surface area contributed by atoms with Gasteiger partial charge in [0.2, 0.25) is 10.0 Å². The summed E-state index contributed by atoms with van der Waals surface area (Å²) in [6, 6.07) is 5.82. The van der Waals surface area contributed by atoms with E-state index in [1.54, 1.807) is 23.6 Å². The highest BCUT2D eigenvalue weighted by Crippen LogP contribution is 2.18. The van der Waals surface area contributed by atoms with E-state index in [9.17, 15) is 18.0 Å². The first-order chi connectivity index (χ1) is 12.7. The molecule has 1 aliphatic heterocycles. The van der Waals surface area contributed by atoms with E-state index in [1.807, 2.05) is 0 Å². The zero-order chi connectivity index (χ0) is 20.2. The van der Waals surface area contributed by atoms with E-state index in [0.29, 0.717) is 38.2 Å². The Balaban J connectivity index is 2.11. The van der Waals surface area contributed by atoms with Gasteiger partial charge in [-0.25, -0.2) is 13.2 Å². The number of carbonyl (C=O) groups excluding carboxylic acids is 2. The SMILES string of the molecule is COC(=O)N1CCCN(C(=O)c2ccc(S(=O)(=O)N(C)C(C)C)cc2)CC1. The number of benzene rings is 1. The van der Waals surface area contributed by atoms with Crippen LogP contribution >= 0.6 is 0 Å². The van der Waals surface area contributed by atoms with E-state index in [1.165, 1.54) is 42.7 Å². The van der Waals surface area contributed by atoms with Gasteiger partial charge in [0.1, 0.15) is 0 Å². The Bertz CT molecular complexity index is 777. The summed E-state index contributed by atoms with van der Waals surface area (Å²) in [7, 11) is -0.714. The second-order valence-corrected chi connectivity index (χ2v) is 8.74. The largest absolute Gasteiger partial charge is 0.453 e. The Hall–Kier alpha value is -2.13. The zero-order valence-electron chi connectivity index (χ0n) is 16.2. The fraction of sp³-hybridized carbons (Fsp3) is 0.556. The molecule has 1 aromatic carbocycles. The zero-order valence-corrected chi connectivity index (χ0v) is 17.0. The van der Waals surface area contributed by atoms with Crippen molar-refractivity contribution in [3.8, 4) is 0 Å². The number of hydrogen-bond donors (Lipinski definition) is 0. The minimum absolute atomic E-state index is 0.156. The van der Waals surface area contributed by atoms with Gasteiger partial charge in [-0.15, -0.1) is 0 Å². The number of hydrogen-bond acceptors (Lipinski definition) is 5. The van der Waals surface area contributed by atoms with Gasteiger partial charge in [0, 0.05) is 44.8 Å². The van der Waals surface area contributed by atoms with Crippen molar-refractivity contribution in [3.05, 3.63) is 29.8 Å². The van der Waals surface area contributed by atoms with E-state index in [-0.39, 0.29) is 16.8 Å². The van der Waals surface area contributed by atoms with Crippen molar-refractivity contribution < 1.29 is 22.7 Å². The van der Waals surface area contributed by atoms with Gasteiger partial charge < -0.3 is 14.5 Å². The van der Waals surface area contributed by atoms with Gasteiger partial charge in [0.05, 0.1) is 12.0 Å². The molecule has 9 heteroatoms. The Kier molecular flexibility index (Phi) is 6.83. The van der Waals surface area contributed by atoms with Crippen LogP contribution in [0.2, 0.25) is 0 Å². The third kappa shape index (κ3) is 4.78. The second-order valence-electron chi connectivity index (χ2n) is 6.74. The van der Waals surface area contributed by atoms with Crippen molar-refractivity contribution in [3.63, 3.8) is 0 Å². The summed E-state index contributed by atoms with van der Waals surface area (Å²) in [6.45, 7) is 5.48. The first kappa shape index (κ1) is 21.2. The number of sulfonamides is 1. The standard InChI is InChI=1S/C18H27N3O5S/c1-14(2)19(3)27(24,25)16-8-6-15(7-9-16)17(22)20-10-5-11-21(13-12-20)18(23)26-4/h6-9,14H,5,10-13H2,1-4H3. The first-order valence-corrected chi connectivity index (χ1v) is 10.3. The maximum absolute atomic E-state index is 12.7. The van der Waals surface area contributed by atoms with Crippen LogP contribution in [-0.4, -0.2) is 80.9 Å². The van der Waals surface area contributed by atoms with Gasteiger partial charge in [-0.2, -0.15) is 4.31 Å². The molecule has 0 aromatic heterocycles. The van der Waals surface area contributed by atoms with Crippen molar-refractivity contribution in [2.75, 3.05) is 40.3 Å². The number of amides is 2. The summed E-state index contributed by atoms with van der Waals surface area (Å²) in [4.78, 5) is 27.8. The number of nitrogens with zero attached hydrogens (tertiary/aromatic N) is 3. The van der Waals surface area contributed by atoms with Gasteiger partial charge in [-0.05, 0) is 44.5 Å². The van der Waals surface area contributed by atoms with Crippen LogP contribution in [0, 0.1) is 0 Å². The molecule has 0 spiro atoms. The average molecular weight is 397 g/mol. The van der Waals surface area contributed by atoms with Crippen molar-refractivity contribution in [1.29, 1.82) is 0 Å². The summed E-state index contributed by atoms with van der Waals surface area (Å²) in [5.41, 5.74) is 0.424. The molecular formula is C18H27N3O5S. The molecule has 1 heterocycles. The smallest absolute Gasteiger partial charge is 0.409 e. The van der Waals surface area contributed by atoms with Gasteiger partial charge in [-0.1, -0.05) is 0 Å². The number of carbonyl (C=O) groups is 2. The van der Waals surface area contributed by atoms with Crippen molar-refractivity contribution in [2.24, 2.45) is 0 Å². The lowest BCUT2D eigenvalue weighted by Crippen LogP contribution is -2.37. The van der Waals surface area contributed by atoms with E-state index in [0.717, 1.165) is 0 Å². The Labute approximate surface area is 160 Å². The van der Waals surface area contributed by atoms with Crippen molar-refractivity contribution >= 4 is 22.0 Å². The monoisotopic (exact) mass is 397 g/mol. The molecule has 1 aromatic rings. The predicted octanol–water partition coefficient (Wildman–Crippen LogP) is 1.63. The lowest BCUT2D eigenvalue weighted by molar-refractivity contribution is 0.0757. The molecule has 2 amide bonds. The molecule has 0 aliphatic carbocycles. The van der Waals surface area contributed by atoms with Crippen LogP contribution in [0.15, 0.2) is 29.2 Å². The highest BCUT2D eigenvalue weighted by atomic mass is 32.2. The summed E-state index contributed by atoms with van der Waals surface area (Å²) in [6.07, 6.45) is 0.264. The van der Waals surface area contributed by atoms with E-state index < -0.39 is 16.1 Å². The van der Waals surface area contributed by atoms with Crippen LogP contribution < -0.4 is 0 Å². The molecule has 1 saturated heterocycles. The predicted molar refractivity (Wildman–Crippen MR) is 101 cm³/mol. The molecule has 150 valence electrons. The summed E-state index contributed by atoms with van der Waals surface area (Å²) < 4.78 is 31.0. The lowest BCUT2D eigenvalue weighted by atomic mass is 10.2. The molecule has 0 atom stereocenters. The van der Waals surface area contributed by atoms with Crippen LogP contribution in [0.5, 0.6) is 0 Å². The maximum Gasteiger partial charge on any atom is 0.409 e. The molecule has 0 unspecified atom stereocenters. The van der Waals surface area contributed by atoms with Crippen molar-refractivity contribution in [1.82, 2.24) is 14.1 Å². The molecule has 1 aliphatic rings. The van der Waals surface area contributed by atoms with Gasteiger partial charge in [0.25, 0.3) is 5.91 Å². The first-order valence-electron chi connectivity index (χ1n) is 8.88. The fourth-order valence-corrected chi connectivity index (χ4v) is 4.20. The van der Waals surface area contributed by atoms with Crippen LogP contribution in [0.1, 0.15) is 30.6 Å². The Morgan fingerprint density at radius 3 is 2.15 bits per heavy atom. The van der Waals surface area contributed by atoms with E-state index in [2.05, 4.69) is 0 Å².